The summed E-state index contributed by atoms with van der Waals surface area (Å²) in [5.41, 5.74) is 2.35. The van der Waals surface area contributed by atoms with Crippen LogP contribution in [-0.2, 0) is 19.9 Å². The Bertz CT molecular complexity index is 1070. The van der Waals surface area contributed by atoms with E-state index in [9.17, 15) is 9.18 Å². The van der Waals surface area contributed by atoms with E-state index in [0.717, 1.165) is 37.7 Å². The molecule has 1 fully saturated rings. The molecule has 3 aromatic rings. The van der Waals surface area contributed by atoms with E-state index in [0.29, 0.717) is 12.1 Å². The van der Waals surface area contributed by atoms with E-state index < -0.39 is 0 Å². The zero-order chi connectivity index (χ0) is 22.5. The summed E-state index contributed by atoms with van der Waals surface area (Å²) in [7, 11) is 1.83. The zero-order valence-corrected chi connectivity index (χ0v) is 19.3. The van der Waals surface area contributed by atoms with Gasteiger partial charge in [0.1, 0.15) is 10.8 Å². The molecule has 0 aliphatic carbocycles. The molecule has 3 heterocycles. The fourth-order valence-electron chi connectivity index (χ4n) is 4.64. The Labute approximate surface area is 193 Å². The fraction of sp³-hybridized carbons (Fsp3) is 0.440. The van der Waals surface area contributed by atoms with E-state index in [1.54, 1.807) is 16.8 Å². The fourth-order valence-corrected chi connectivity index (χ4v) is 4.94. The van der Waals surface area contributed by atoms with Crippen molar-refractivity contribution in [3.63, 3.8) is 0 Å². The molecule has 0 N–H and O–H groups in total. The molecule has 1 aliphatic rings. The number of aryl methyl sites for hydroxylation is 1. The summed E-state index contributed by atoms with van der Waals surface area (Å²) < 4.78 is 16.6. The first-order chi connectivity index (χ1) is 15.5. The van der Waals surface area contributed by atoms with Crippen LogP contribution >= 0.6 is 11.6 Å². The first-order valence-corrected chi connectivity index (χ1v) is 11.8. The Morgan fingerprint density at radius 2 is 1.84 bits per heavy atom. The molecular formula is C25H30ClFN4O. The smallest absolute Gasteiger partial charge is 0.290 e. The van der Waals surface area contributed by atoms with Crippen molar-refractivity contribution >= 4 is 11.6 Å². The summed E-state index contributed by atoms with van der Waals surface area (Å²) in [5.74, 6) is 0.449. The molecule has 170 valence electrons. The van der Waals surface area contributed by atoms with Gasteiger partial charge in [0.2, 0.25) is 0 Å². The molecule has 1 aliphatic heterocycles. The maximum Gasteiger partial charge on any atom is 0.290 e. The van der Waals surface area contributed by atoms with Gasteiger partial charge in [0.05, 0.1) is 11.4 Å². The molecule has 0 spiro atoms. The predicted molar refractivity (Wildman–Crippen MR) is 126 cm³/mol. The minimum absolute atomic E-state index is 0.251. The van der Waals surface area contributed by atoms with E-state index in [-0.39, 0.29) is 16.4 Å². The summed E-state index contributed by atoms with van der Waals surface area (Å²) in [4.78, 5) is 19.6. The lowest BCUT2D eigenvalue weighted by molar-refractivity contribution is 0.178. The van der Waals surface area contributed by atoms with E-state index in [4.69, 9.17) is 11.6 Å². The number of piperidine rings is 1. The zero-order valence-electron chi connectivity index (χ0n) is 18.5. The Hall–Kier alpha value is -2.44. The predicted octanol–water partition coefficient (Wildman–Crippen LogP) is 4.64. The molecular weight excluding hydrogens is 427 g/mol. The van der Waals surface area contributed by atoms with Crippen molar-refractivity contribution in [3.05, 3.63) is 81.2 Å². The van der Waals surface area contributed by atoms with Crippen molar-refractivity contribution in [2.75, 3.05) is 19.6 Å². The lowest BCUT2D eigenvalue weighted by Crippen LogP contribution is -2.35. The monoisotopic (exact) mass is 456 g/mol. The summed E-state index contributed by atoms with van der Waals surface area (Å²) in [6.45, 7) is 3.04. The molecule has 0 atom stereocenters. The number of aromatic nitrogens is 3. The Morgan fingerprint density at radius 1 is 1.09 bits per heavy atom. The molecule has 0 radical (unpaired) electrons. The number of hydrogen-bond donors (Lipinski definition) is 0. The van der Waals surface area contributed by atoms with Gasteiger partial charge in [-0.15, -0.1) is 0 Å². The van der Waals surface area contributed by atoms with Crippen LogP contribution in [0.2, 0.25) is 5.02 Å². The third kappa shape index (κ3) is 5.30. The van der Waals surface area contributed by atoms with Crippen molar-refractivity contribution in [2.24, 2.45) is 13.0 Å². The van der Waals surface area contributed by atoms with E-state index in [2.05, 4.69) is 22.0 Å². The molecule has 1 saturated heterocycles. The van der Waals surface area contributed by atoms with Crippen LogP contribution in [0, 0.1) is 11.7 Å². The third-order valence-electron chi connectivity index (χ3n) is 6.54. The van der Waals surface area contributed by atoms with Gasteiger partial charge in [0.25, 0.3) is 5.56 Å². The minimum atomic E-state index is -0.331. The Balaban J connectivity index is 1.28. The summed E-state index contributed by atoms with van der Waals surface area (Å²) in [6.07, 6.45) is 8.50. The number of nitrogens with zero attached hydrogens (tertiary/aromatic N) is 4. The molecule has 4 rings (SSSR count). The van der Waals surface area contributed by atoms with Crippen LogP contribution in [0.15, 0.2) is 53.5 Å². The van der Waals surface area contributed by atoms with Crippen LogP contribution in [0.1, 0.15) is 37.1 Å². The lowest BCUT2D eigenvalue weighted by atomic mass is 9.91. The van der Waals surface area contributed by atoms with Crippen LogP contribution in [0.4, 0.5) is 4.39 Å². The number of halogens is 2. The van der Waals surface area contributed by atoms with Gasteiger partial charge in [-0.3, -0.25) is 14.5 Å². The highest BCUT2D eigenvalue weighted by atomic mass is 35.5. The molecule has 32 heavy (non-hydrogen) atoms. The largest absolute Gasteiger partial charge is 0.303 e. The maximum atomic E-state index is 13.3. The van der Waals surface area contributed by atoms with Gasteiger partial charge in [-0.2, -0.15) is 0 Å². The van der Waals surface area contributed by atoms with Gasteiger partial charge < -0.3 is 4.90 Å². The van der Waals surface area contributed by atoms with Gasteiger partial charge in [0, 0.05) is 31.9 Å². The normalized spacial score (nSPS) is 15.3. The first kappa shape index (κ1) is 22.7. The van der Waals surface area contributed by atoms with Crippen LogP contribution in [0.25, 0.3) is 5.69 Å². The number of pyridine rings is 1. The summed E-state index contributed by atoms with van der Waals surface area (Å²) in [6, 6.07) is 12.0. The molecule has 0 saturated carbocycles. The number of hydrogen-bond acceptors (Lipinski definition) is 3. The Kier molecular flexibility index (Phi) is 7.43. The van der Waals surface area contributed by atoms with Gasteiger partial charge in [-0.1, -0.05) is 17.7 Å². The SMILES string of the molecule is Cn1c(CCN2CCC(CCCc3ccccn3)CC2)c(Cl)c(=O)n1-c1ccc(F)cc1. The second-order valence-electron chi connectivity index (χ2n) is 8.63. The quantitative estimate of drug-likeness (QED) is 0.496. The Morgan fingerprint density at radius 3 is 2.53 bits per heavy atom. The number of benzene rings is 1. The maximum absolute atomic E-state index is 13.3. The second-order valence-corrected chi connectivity index (χ2v) is 9.00. The average Bonchev–Trinajstić information content (AvgIpc) is 3.02. The number of likely N-dealkylation sites (tertiary alicyclic amines) is 1. The molecule has 0 amide bonds. The first-order valence-electron chi connectivity index (χ1n) is 11.4. The van der Waals surface area contributed by atoms with Crippen molar-refractivity contribution in [1.29, 1.82) is 0 Å². The van der Waals surface area contributed by atoms with Gasteiger partial charge in [0.15, 0.2) is 0 Å². The standard InChI is InChI=1S/C25H30ClFN4O/c1-29-23(24(26)25(32)31(29)22-10-8-20(27)9-11-22)14-18-30-16-12-19(13-17-30)5-4-7-21-6-2-3-15-28-21/h2-3,6,8-11,15,19H,4-5,7,12-14,16-18H2,1H3. The summed E-state index contributed by atoms with van der Waals surface area (Å²) >= 11 is 6.40. The number of rotatable bonds is 8. The van der Waals surface area contributed by atoms with Gasteiger partial charge in [-0.25, -0.2) is 9.07 Å². The van der Waals surface area contributed by atoms with Crippen LogP contribution in [-0.4, -0.2) is 38.9 Å². The second kappa shape index (κ2) is 10.5. The average molecular weight is 457 g/mol. The molecule has 0 unspecified atom stereocenters. The van der Waals surface area contributed by atoms with E-state index in [1.165, 1.54) is 48.2 Å². The molecule has 1 aromatic carbocycles. The topological polar surface area (TPSA) is 43.1 Å². The van der Waals surface area contributed by atoms with Crippen LogP contribution < -0.4 is 5.56 Å². The molecule has 7 heteroatoms. The van der Waals surface area contributed by atoms with Crippen molar-refractivity contribution < 1.29 is 4.39 Å². The highest BCUT2D eigenvalue weighted by molar-refractivity contribution is 6.31. The van der Waals surface area contributed by atoms with Crippen LogP contribution in [0.3, 0.4) is 0 Å². The molecule has 2 aromatic heterocycles. The van der Waals surface area contributed by atoms with Gasteiger partial charge in [-0.05, 0) is 87.5 Å². The van der Waals surface area contributed by atoms with Crippen molar-refractivity contribution in [2.45, 2.75) is 38.5 Å². The minimum Gasteiger partial charge on any atom is -0.303 e. The highest BCUT2D eigenvalue weighted by Crippen LogP contribution is 2.23. The lowest BCUT2D eigenvalue weighted by Gasteiger charge is -2.32. The van der Waals surface area contributed by atoms with E-state index >= 15 is 0 Å². The van der Waals surface area contributed by atoms with Gasteiger partial charge >= 0.3 is 0 Å². The summed E-state index contributed by atoms with van der Waals surface area (Å²) in [5, 5.41) is 0.251. The van der Waals surface area contributed by atoms with E-state index in [1.807, 2.05) is 19.3 Å². The molecule has 5 nitrogen and oxygen atoms in total. The van der Waals surface area contributed by atoms with Crippen molar-refractivity contribution in [3.8, 4) is 5.69 Å². The molecule has 0 bridgehead atoms. The van der Waals surface area contributed by atoms with Crippen molar-refractivity contribution in [1.82, 2.24) is 19.2 Å². The van der Waals surface area contributed by atoms with Crippen LogP contribution in [0.5, 0.6) is 0 Å². The highest BCUT2D eigenvalue weighted by Gasteiger charge is 2.21. The third-order valence-corrected chi connectivity index (χ3v) is 6.92.